The van der Waals surface area contributed by atoms with Crippen LogP contribution in [0.4, 0.5) is 0 Å². The van der Waals surface area contributed by atoms with Crippen LogP contribution in [0.5, 0.6) is 0 Å². The van der Waals surface area contributed by atoms with Crippen LogP contribution in [0.15, 0.2) is 30.3 Å². The predicted octanol–water partition coefficient (Wildman–Crippen LogP) is -0.415. The quantitative estimate of drug-likeness (QED) is 0.649. The number of aliphatic hydroxyl groups is 3. The van der Waals surface area contributed by atoms with Gasteiger partial charge in [0.2, 0.25) is 0 Å². The zero-order chi connectivity index (χ0) is 11.5. The molecular formula is C12H17NO3. The molecule has 1 saturated heterocycles. The van der Waals surface area contributed by atoms with Gasteiger partial charge in [0.05, 0.1) is 24.9 Å². The fourth-order valence-corrected chi connectivity index (χ4v) is 2.17. The van der Waals surface area contributed by atoms with Gasteiger partial charge in [0.15, 0.2) is 0 Å². The monoisotopic (exact) mass is 223 g/mol. The topological polar surface area (TPSA) is 63.9 Å². The molecule has 1 heterocycles. The highest BCUT2D eigenvalue weighted by Gasteiger charge is 2.41. The largest absolute Gasteiger partial charge is 0.394 e. The number of benzene rings is 1. The van der Waals surface area contributed by atoms with Crippen LogP contribution < -0.4 is 0 Å². The van der Waals surface area contributed by atoms with Crippen LogP contribution in [0.1, 0.15) is 5.56 Å². The Morgan fingerprint density at radius 2 is 2.00 bits per heavy atom. The minimum absolute atomic E-state index is 0.312. The summed E-state index contributed by atoms with van der Waals surface area (Å²) in [7, 11) is 0. The highest BCUT2D eigenvalue weighted by atomic mass is 16.3. The molecule has 0 bridgehead atoms. The van der Waals surface area contributed by atoms with E-state index in [2.05, 4.69) is 0 Å². The van der Waals surface area contributed by atoms with Crippen molar-refractivity contribution >= 4 is 0 Å². The fourth-order valence-electron chi connectivity index (χ4n) is 2.17. The van der Waals surface area contributed by atoms with Crippen LogP contribution >= 0.6 is 0 Å². The smallest absolute Gasteiger partial charge is 0.0951 e. The van der Waals surface area contributed by atoms with Crippen molar-refractivity contribution in [3.05, 3.63) is 35.9 Å². The molecule has 0 aliphatic carbocycles. The van der Waals surface area contributed by atoms with Crippen LogP contribution in [-0.4, -0.2) is 51.6 Å². The standard InChI is InChI=1S/C12H17NO3/c14-8-11(16)12-10(15)7-13(12)6-9-4-2-1-3-5-9/h1-5,10-12,14-16H,6-8H2. The number of nitrogens with zero attached hydrogens (tertiary/aromatic N) is 1. The maximum absolute atomic E-state index is 9.54. The van der Waals surface area contributed by atoms with Crippen molar-refractivity contribution in [3.8, 4) is 0 Å². The number of aliphatic hydroxyl groups excluding tert-OH is 3. The normalized spacial score (nSPS) is 27.4. The zero-order valence-corrected chi connectivity index (χ0v) is 9.03. The Labute approximate surface area is 94.8 Å². The number of hydrogen-bond donors (Lipinski definition) is 3. The lowest BCUT2D eigenvalue weighted by atomic mass is 9.93. The van der Waals surface area contributed by atoms with Crippen LogP contribution in [-0.2, 0) is 6.54 Å². The van der Waals surface area contributed by atoms with E-state index in [-0.39, 0.29) is 12.6 Å². The molecule has 0 saturated carbocycles. The first-order valence-corrected chi connectivity index (χ1v) is 5.47. The van der Waals surface area contributed by atoms with E-state index in [0.29, 0.717) is 13.1 Å². The predicted molar refractivity (Wildman–Crippen MR) is 59.7 cm³/mol. The van der Waals surface area contributed by atoms with Crippen molar-refractivity contribution in [1.29, 1.82) is 0 Å². The summed E-state index contributed by atoms with van der Waals surface area (Å²) in [6, 6.07) is 9.55. The van der Waals surface area contributed by atoms with E-state index in [0.717, 1.165) is 5.56 Å². The van der Waals surface area contributed by atoms with Gasteiger partial charge in [-0.25, -0.2) is 0 Å². The van der Waals surface area contributed by atoms with Crippen LogP contribution in [0, 0.1) is 0 Å². The molecule has 1 aliphatic rings. The van der Waals surface area contributed by atoms with Crippen molar-refractivity contribution in [2.75, 3.05) is 13.2 Å². The Bertz CT molecular complexity index is 330. The van der Waals surface area contributed by atoms with Crippen LogP contribution in [0.3, 0.4) is 0 Å². The molecular weight excluding hydrogens is 206 g/mol. The Hall–Kier alpha value is -0.940. The lowest BCUT2D eigenvalue weighted by molar-refractivity contribution is -0.127. The van der Waals surface area contributed by atoms with E-state index in [4.69, 9.17) is 5.11 Å². The second-order valence-corrected chi connectivity index (χ2v) is 4.22. The van der Waals surface area contributed by atoms with Gasteiger partial charge in [-0.1, -0.05) is 30.3 Å². The summed E-state index contributed by atoms with van der Waals surface area (Å²) in [6.07, 6.45) is -1.40. The van der Waals surface area contributed by atoms with Crippen molar-refractivity contribution in [1.82, 2.24) is 4.90 Å². The molecule has 4 nitrogen and oxygen atoms in total. The number of rotatable bonds is 4. The van der Waals surface area contributed by atoms with Gasteiger partial charge in [0.25, 0.3) is 0 Å². The number of hydrogen-bond acceptors (Lipinski definition) is 4. The molecule has 16 heavy (non-hydrogen) atoms. The molecule has 3 unspecified atom stereocenters. The van der Waals surface area contributed by atoms with Crippen molar-refractivity contribution in [2.45, 2.75) is 24.8 Å². The molecule has 0 aromatic heterocycles. The van der Waals surface area contributed by atoms with E-state index in [1.54, 1.807) is 0 Å². The van der Waals surface area contributed by atoms with Gasteiger partial charge in [-0.15, -0.1) is 0 Å². The molecule has 1 aromatic carbocycles. The molecule has 0 amide bonds. The van der Waals surface area contributed by atoms with E-state index >= 15 is 0 Å². The van der Waals surface area contributed by atoms with Gasteiger partial charge in [-0.2, -0.15) is 0 Å². The third kappa shape index (κ3) is 2.25. The highest BCUT2D eigenvalue weighted by molar-refractivity contribution is 5.15. The third-order valence-electron chi connectivity index (χ3n) is 3.05. The Balaban J connectivity index is 1.96. The van der Waals surface area contributed by atoms with Gasteiger partial charge < -0.3 is 15.3 Å². The van der Waals surface area contributed by atoms with E-state index in [1.165, 1.54) is 0 Å². The molecule has 1 fully saturated rings. The lowest BCUT2D eigenvalue weighted by Crippen LogP contribution is -2.65. The van der Waals surface area contributed by atoms with Crippen molar-refractivity contribution in [3.63, 3.8) is 0 Å². The average Bonchev–Trinajstić information content (AvgIpc) is 2.29. The Morgan fingerprint density at radius 3 is 2.56 bits per heavy atom. The molecule has 3 N–H and O–H groups in total. The maximum Gasteiger partial charge on any atom is 0.0951 e. The van der Waals surface area contributed by atoms with Gasteiger partial charge in [-0.05, 0) is 5.56 Å². The van der Waals surface area contributed by atoms with Gasteiger partial charge in [0, 0.05) is 13.1 Å². The molecule has 3 atom stereocenters. The van der Waals surface area contributed by atoms with E-state index in [9.17, 15) is 10.2 Å². The summed E-state index contributed by atoms with van der Waals surface area (Å²) in [5.41, 5.74) is 1.14. The average molecular weight is 223 g/mol. The second kappa shape index (κ2) is 4.93. The summed E-state index contributed by atoms with van der Waals surface area (Å²) in [5, 5.41) is 28.0. The molecule has 0 radical (unpaired) electrons. The maximum atomic E-state index is 9.54. The molecule has 1 aliphatic heterocycles. The minimum Gasteiger partial charge on any atom is -0.394 e. The Morgan fingerprint density at radius 1 is 1.31 bits per heavy atom. The van der Waals surface area contributed by atoms with Crippen molar-refractivity contribution in [2.24, 2.45) is 0 Å². The first-order valence-electron chi connectivity index (χ1n) is 5.47. The molecule has 2 rings (SSSR count). The summed E-state index contributed by atoms with van der Waals surface area (Å²) in [6.45, 7) is 0.934. The number of β-amino-alcohol motifs (C(OH)–C–C–N with tert-alkyl or cyclic N) is 1. The second-order valence-electron chi connectivity index (χ2n) is 4.22. The first kappa shape index (κ1) is 11.5. The summed E-state index contributed by atoms with van der Waals surface area (Å²) in [4.78, 5) is 1.97. The first-order chi connectivity index (χ1) is 7.72. The minimum atomic E-state index is -0.868. The van der Waals surface area contributed by atoms with Gasteiger partial charge in [-0.3, -0.25) is 4.90 Å². The molecule has 0 spiro atoms. The SMILES string of the molecule is OCC(O)C1C(O)CN1Cc1ccccc1. The summed E-state index contributed by atoms with van der Waals surface area (Å²) >= 11 is 0. The molecule has 1 aromatic rings. The molecule has 88 valence electrons. The highest BCUT2D eigenvalue weighted by Crippen LogP contribution is 2.23. The van der Waals surface area contributed by atoms with E-state index in [1.807, 2.05) is 35.2 Å². The molecule has 4 heteroatoms. The summed E-state index contributed by atoms with van der Waals surface area (Å²) in [5.74, 6) is 0. The summed E-state index contributed by atoms with van der Waals surface area (Å²) < 4.78 is 0. The lowest BCUT2D eigenvalue weighted by Gasteiger charge is -2.47. The van der Waals surface area contributed by atoms with Crippen LogP contribution in [0.2, 0.25) is 0 Å². The van der Waals surface area contributed by atoms with Gasteiger partial charge in [0.1, 0.15) is 0 Å². The fraction of sp³-hybridized carbons (Fsp3) is 0.500. The zero-order valence-electron chi connectivity index (χ0n) is 9.03. The van der Waals surface area contributed by atoms with Crippen molar-refractivity contribution < 1.29 is 15.3 Å². The Kier molecular flexibility index (Phi) is 3.56. The number of likely N-dealkylation sites (tertiary alicyclic amines) is 1. The van der Waals surface area contributed by atoms with E-state index < -0.39 is 12.2 Å². The third-order valence-corrected chi connectivity index (χ3v) is 3.05. The van der Waals surface area contributed by atoms with Crippen LogP contribution in [0.25, 0.3) is 0 Å². The van der Waals surface area contributed by atoms with Gasteiger partial charge >= 0.3 is 0 Å².